The number of aromatic hydroxyl groups is 1. The van der Waals surface area contributed by atoms with Crippen molar-refractivity contribution in [1.82, 2.24) is 0 Å². The molecule has 7 nitrogen and oxygen atoms in total. The van der Waals surface area contributed by atoms with Crippen LogP contribution < -0.4 is 18.9 Å². The molecule has 0 aliphatic heterocycles. The van der Waals surface area contributed by atoms with Gasteiger partial charge >= 0.3 is 5.97 Å². The normalized spacial score (nSPS) is 12.4. The van der Waals surface area contributed by atoms with Gasteiger partial charge < -0.3 is 28.8 Å². The van der Waals surface area contributed by atoms with Crippen LogP contribution in [0.1, 0.15) is 29.9 Å². The number of esters is 1. The van der Waals surface area contributed by atoms with Gasteiger partial charge in [-0.3, -0.25) is 0 Å². The van der Waals surface area contributed by atoms with E-state index < -0.39 is 5.97 Å². The van der Waals surface area contributed by atoms with E-state index in [0.717, 1.165) is 17.2 Å². The number of phenols is 1. The first-order chi connectivity index (χ1) is 14.4. The van der Waals surface area contributed by atoms with Gasteiger partial charge in [0.2, 0.25) is 5.75 Å². The number of hydrogen-bond donors (Lipinski definition) is 1. The molecule has 0 heterocycles. The van der Waals surface area contributed by atoms with Crippen molar-refractivity contribution < 1.29 is 33.6 Å². The van der Waals surface area contributed by atoms with E-state index in [1.54, 1.807) is 26.4 Å². The van der Waals surface area contributed by atoms with Gasteiger partial charge in [0, 0.05) is 12.0 Å². The molecule has 2 unspecified atom stereocenters. The fraction of sp³-hybridized carbons (Fsp3) is 0.348. The highest BCUT2D eigenvalue weighted by atomic mass is 16.5. The van der Waals surface area contributed by atoms with Gasteiger partial charge in [0.15, 0.2) is 23.0 Å². The van der Waals surface area contributed by atoms with Crippen LogP contribution in [0.2, 0.25) is 0 Å². The van der Waals surface area contributed by atoms with Crippen molar-refractivity contribution in [1.29, 1.82) is 0 Å². The van der Waals surface area contributed by atoms with Gasteiger partial charge in [0.1, 0.15) is 0 Å². The Morgan fingerprint density at radius 3 is 2.03 bits per heavy atom. The summed E-state index contributed by atoms with van der Waals surface area (Å²) in [5.41, 5.74) is 1.67. The summed E-state index contributed by atoms with van der Waals surface area (Å²) in [6, 6.07) is 8.86. The zero-order chi connectivity index (χ0) is 22.3. The lowest BCUT2D eigenvalue weighted by Crippen LogP contribution is -2.17. The Morgan fingerprint density at radius 1 is 0.967 bits per heavy atom. The number of carbonyl (C=O) groups is 1. The smallest absolute Gasteiger partial charge is 0.330 e. The van der Waals surface area contributed by atoms with Crippen LogP contribution in [0, 0.1) is 0 Å². The molecule has 7 heteroatoms. The van der Waals surface area contributed by atoms with Gasteiger partial charge in [-0.1, -0.05) is 19.6 Å². The first-order valence-corrected chi connectivity index (χ1v) is 9.36. The number of phenolic OH excluding ortho intramolecular Hbond substituents is 1. The number of methoxy groups -OCH3 is 4. The van der Waals surface area contributed by atoms with Crippen LogP contribution in [0.3, 0.4) is 0 Å². The molecule has 0 spiro atoms. The molecule has 0 saturated heterocycles. The average Bonchev–Trinajstić information content (AvgIpc) is 2.77. The fourth-order valence-electron chi connectivity index (χ4n) is 3.30. The maximum absolute atomic E-state index is 11.7. The van der Waals surface area contributed by atoms with Crippen molar-refractivity contribution in [2.75, 3.05) is 35.0 Å². The number of benzene rings is 2. The van der Waals surface area contributed by atoms with E-state index in [1.807, 2.05) is 25.1 Å². The molecule has 0 radical (unpaired) electrons. The van der Waals surface area contributed by atoms with Crippen LogP contribution >= 0.6 is 0 Å². The second kappa shape index (κ2) is 10.4. The van der Waals surface area contributed by atoms with Gasteiger partial charge in [-0.05, 0) is 41.3 Å². The summed E-state index contributed by atoms with van der Waals surface area (Å²) in [6.45, 7) is 5.52. The van der Waals surface area contributed by atoms with Gasteiger partial charge in [0.25, 0.3) is 0 Å². The van der Waals surface area contributed by atoms with Crippen molar-refractivity contribution in [2.24, 2.45) is 0 Å². The lowest BCUT2D eigenvalue weighted by Gasteiger charge is -2.26. The summed E-state index contributed by atoms with van der Waals surface area (Å²) in [7, 11) is 6.11. The Labute approximate surface area is 176 Å². The molecule has 2 aromatic carbocycles. The van der Waals surface area contributed by atoms with Crippen LogP contribution in [0.25, 0.3) is 0 Å². The van der Waals surface area contributed by atoms with Gasteiger partial charge in [-0.2, -0.15) is 0 Å². The Hall–Kier alpha value is -3.35. The van der Waals surface area contributed by atoms with E-state index in [2.05, 4.69) is 6.58 Å². The Balaban J connectivity index is 2.53. The van der Waals surface area contributed by atoms with Crippen LogP contribution in [-0.2, 0) is 9.53 Å². The zero-order valence-electron chi connectivity index (χ0n) is 17.9. The minimum Gasteiger partial charge on any atom is -0.504 e. The first kappa shape index (κ1) is 22.9. The van der Waals surface area contributed by atoms with Crippen LogP contribution in [0.4, 0.5) is 0 Å². The number of carbonyl (C=O) groups excluding carboxylic acids is 1. The molecule has 30 heavy (non-hydrogen) atoms. The van der Waals surface area contributed by atoms with Crippen molar-refractivity contribution in [3.8, 4) is 28.7 Å². The molecule has 0 aliphatic carbocycles. The Bertz CT molecular complexity index is 866. The van der Waals surface area contributed by atoms with Gasteiger partial charge in [-0.25, -0.2) is 4.79 Å². The summed E-state index contributed by atoms with van der Waals surface area (Å²) in [6.07, 6.45) is 1.12. The Kier molecular flexibility index (Phi) is 7.98. The highest BCUT2D eigenvalue weighted by Gasteiger charge is 2.26. The molecule has 1 N–H and O–H groups in total. The Morgan fingerprint density at radius 2 is 1.57 bits per heavy atom. The monoisotopic (exact) mass is 416 g/mol. The lowest BCUT2D eigenvalue weighted by atomic mass is 9.82. The molecular formula is C23H28O7. The molecular weight excluding hydrogens is 388 g/mol. The molecule has 2 aromatic rings. The molecule has 0 saturated carbocycles. The topological polar surface area (TPSA) is 83.5 Å². The van der Waals surface area contributed by atoms with E-state index in [-0.39, 0.29) is 24.2 Å². The average molecular weight is 416 g/mol. The maximum Gasteiger partial charge on any atom is 0.330 e. The van der Waals surface area contributed by atoms with E-state index in [9.17, 15) is 9.90 Å². The maximum atomic E-state index is 11.7. The van der Waals surface area contributed by atoms with E-state index in [4.69, 9.17) is 23.7 Å². The number of ether oxygens (including phenoxy) is 5. The molecule has 2 rings (SSSR count). The molecule has 0 fully saturated rings. The summed E-state index contributed by atoms with van der Waals surface area (Å²) < 4.78 is 26.8. The minimum atomic E-state index is -0.516. The zero-order valence-corrected chi connectivity index (χ0v) is 17.9. The van der Waals surface area contributed by atoms with Crippen LogP contribution in [-0.4, -0.2) is 46.1 Å². The third-order valence-electron chi connectivity index (χ3n) is 5.02. The second-order valence-electron chi connectivity index (χ2n) is 6.62. The van der Waals surface area contributed by atoms with E-state index in [0.29, 0.717) is 23.0 Å². The number of rotatable bonds is 10. The summed E-state index contributed by atoms with van der Waals surface area (Å²) in [5.74, 6) is 0.963. The van der Waals surface area contributed by atoms with Crippen LogP contribution in [0.15, 0.2) is 43.0 Å². The van der Waals surface area contributed by atoms with Gasteiger partial charge in [0.05, 0.1) is 35.0 Å². The predicted octanol–water partition coefficient (Wildman–Crippen LogP) is 4.04. The summed E-state index contributed by atoms with van der Waals surface area (Å²) >= 11 is 0. The van der Waals surface area contributed by atoms with Crippen molar-refractivity contribution in [3.63, 3.8) is 0 Å². The fourth-order valence-corrected chi connectivity index (χ4v) is 3.30. The quantitative estimate of drug-likeness (QED) is 0.462. The second-order valence-corrected chi connectivity index (χ2v) is 6.62. The van der Waals surface area contributed by atoms with Crippen LogP contribution in [0.5, 0.6) is 28.7 Å². The predicted molar refractivity (Wildman–Crippen MR) is 113 cm³/mol. The third kappa shape index (κ3) is 4.97. The van der Waals surface area contributed by atoms with Crippen molar-refractivity contribution in [3.05, 3.63) is 54.1 Å². The van der Waals surface area contributed by atoms with E-state index in [1.165, 1.54) is 14.2 Å². The number of hydrogen-bond acceptors (Lipinski definition) is 7. The SMILES string of the molecule is C=CC(=O)OCC(c1cc(OC)c(OC)c(OC)c1)C(C)c1ccc(OC)c(O)c1. The standard InChI is InChI=1S/C23H28O7/c1-7-22(25)30-13-17(14(2)15-8-9-19(26-3)18(24)10-15)16-11-20(27-4)23(29-6)21(12-16)28-5/h7-12,14,17,24H,1,13H2,2-6H3. The van der Waals surface area contributed by atoms with Crippen molar-refractivity contribution >= 4 is 5.97 Å². The summed E-state index contributed by atoms with van der Waals surface area (Å²) in [4.78, 5) is 11.7. The molecule has 0 aliphatic rings. The minimum absolute atomic E-state index is 0.0357. The first-order valence-electron chi connectivity index (χ1n) is 9.36. The van der Waals surface area contributed by atoms with E-state index >= 15 is 0 Å². The molecule has 0 amide bonds. The molecule has 0 aromatic heterocycles. The molecule has 2 atom stereocenters. The molecule has 162 valence electrons. The lowest BCUT2D eigenvalue weighted by molar-refractivity contribution is -0.138. The van der Waals surface area contributed by atoms with Crippen molar-refractivity contribution in [2.45, 2.75) is 18.8 Å². The largest absolute Gasteiger partial charge is 0.504 e. The summed E-state index contributed by atoms with van der Waals surface area (Å²) in [5, 5.41) is 10.2. The highest BCUT2D eigenvalue weighted by Crippen LogP contribution is 2.44. The highest BCUT2D eigenvalue weighted by molar-refractivity contribution is 5.81. The molecule has 0 bridgehead atoms. The third-order valence-corrected chi connectivity index (χ3v) is 5.02. The van der Waals surface area contributed by atoms with Gasteiger partial charge in [-0.15, -0.1) is 0 Å².